The standard InChI is InChI=1S/C12H8N4O/c1-2-5-10-9(4-1)14-16-12(13-8-15(10)16)11-6-3-7-17-11/h1-8H. The van der Waals surface area contributed by atoms with E-state index in [2.05, 4.69) is 10.1 Å². The van der Waals surface area contributed by atoms with Crippen molar-refractivity contribution in [2.75, 3.05) is 0 Å². The first-order valence-corrected chi connectivity index (χ1v) is 5.28. The molecule has 1 aromatic carbocycles. The van der Waals surface area contributed by atoms with Crippen molar-refractivity contribution in [2.45, 2.75) is 0 Å². The van der Waals surface area contributed by atoms with Crippen LogP contribution in [0, 0.1) is 0 Å². The molecule has 0 aliphatic heterocycles. The molecule has 0 saturated carbocycles. The van der Waals surface area contributed by atoms with E-state index in [-0.39, 0.29) is 0 Å². The van der Waals surface area contributed by atoms with Gasteiger partial charge < -0.3 is 4.42 Å². The maximum Gasteiger partial charge on any atom is 0.377 e. The normalized spacial score (nSPS) is 11.5. The van der Waals surface area contributed by atoms with E-state index in [4.69, 9.17) is 4.42 Å². The van der Waals surface area contributed by atoms with Crippen molar-refractivity contribution in [1.29, 1.82) is 0 Å². The molecule has 0 unspecified atom stereocenters. The van der Waals surface area contributed by atoms with Crippen LogP contribution in [0.25, 0.3) is 22.6 Å². The predicted octanol–water partition coefficient (Wildman–Crippen LogP) is 1.29. The second-order valence-corrected chi connectivity index (χ2v) is 3.77. The lowest BCUT2D eigenvalue weighted by Gasteiger charge is -1.90. The highest BCUT2D eigenvalue weighted by Crippen LogP contribution is 2.14. The molecule has 5 heteroatoms. The van der Waals surface area contributed by atoms with E-state index in [1.54, 1.807) is 17.2 Å². The van der Waals surface area contributed by atoms with E-state index in [9.17, 15) is 0 Å². The van der Waals surface area contributed by atoms with Gasteiger partial charge in [-0.2, -0.15) is 4.63 Å². The van der Waals surface area contributed by atoms with Crippen LogP contribution in [-0.2, 0) is 0 Å². The average molecular weight is 224 g/mol. The number of benzene rings is 1. The number of rotatable bonds is 1. The van der Waals surface area contributed by atoms with E-state index in [0.717, 1.165) is 11.0 Å². The van der Waals surface area contributed by atoms with E-state index in [1.807, 2.05) is 40.9 Å². The fourth-order valence-electron chi connectivity index (χ4n) is 1.98. The minimum Gasteiger partial charge on any atom is -0.456 e. The number of fused-ring (bicyclic) bond motifs is 3. The van der Waals surface area contributed by atoms with Gasteiger partial charge in [0.15, 0.2) is 6.33 Å². The van der Waals surface area contributed by atoms with Gasteiger partial charge in [0, 0.05) is 11.0 Å². The molecule has 4 rings (SSSR count). The molecular formula is C12H8N4O. The second kappa shape index (κ2) is 2.98. The highest BCUT2D eigenvalue weighted by atomic mass is 16.3. The molecule has 3 heterocycles. The maximum atomic E-state index is 5.35. The minimum absolute atomic E-state index is 0.700. The number of hydrogen-bond donors (Lipinski definition) is 0. The first-order chi connectivity index (χ1) is 8.43. The summed E-state index contributed by atoms with van der Waals surface area (Å²) in [5.74, 6) is 1.41. The van der Waals surface area contributed by atoms with Gasteiger partial charge >= 0.3 is 5.82 Å². The molecule has 82 valence electrons. The van der Waals surface area contributed by atoms with Crippen molar-refractivity contribution in [3.8, 4) is 11.6 Å². The van der Waals surface area contributed by atoms with Gasteiger partial charge in [0.1, 0.15) is 0 Å². The van der Waals surface area contributed by atoms with Crippen LogP contribution >= 0.6 is 0 Å². The van der Waals surface area contributed by atoms with Gasteiger partial charge in [-0.05, 0) is 17.1 Å². The lowest BCUT2D eigenvalue weighted by atomic mass is 10.3. The summed E-state index contributed by atoms with van der Waals surface area (Å²) in [7, 11) is 0. The maximum absolute atomic E-state index is 5.35. The molecule has 0 bridgehead atoms. The summed E-state index contributed by atoms with van der Waals surface area (Å²) in [5, 5.41) is 4.49. The van der Waals surface area contributed by atoms with E-state index >= 15 is 0 Å². The van der Waals surface area contributed by atoms with Crippen molar-refractivity contribution >= 4 is 11.0 Å². The van der Waals surface area contributed by atoms with Crippen LogP contribution in [0.3, 0.4) is 0 Å². The van der Waals surface area contributed by atoms with Crippen molar-refractivity contribution in [1.82, 2.24) is 14.6 Å². The number of aromatic nitrogens is 4. The SMILES string of the molecule is c1coc(-c2ncn3c4ccccc4[n-][n+]23)c1. The molecule has 0 saturated heterocycles. The Morgan fingerprint density at radius 2 is 2.12 bits per heavy atom. The number of furan rings is 1. The lowest BCUT2D eigenvalue weighted by molar-refractivity contribution is -0.665. The van der Waals surface area contributed by atoms with Gasteiger partial charge in [0.05, 0.1) is 6.26 Å². The molecule has 0 fully saturated rings. The lowest BCUT2D eigenvalue weighted by Crippen LogP contribution is -2.31. The average Bonchev–Trinajstić information content (AvgIpc) is 3.04. The number of para-hydroxylation sites is 1. The monoisotopic (exact) mass is 224 g/mol. The molecule has 3 aromatic heterocycles. The summed E-state index contributed by atoms with van der Waals surface area (Å²) in [6, 6.07) is 11.6. The third-order valence-corrected chi connectivity index (χ3v) is 2.76. The zero-order valence-corrected chi connectivity index (χ0v) is 8.82. The molecule has 0 aliphatic rings. The van der Waals surface area contributed by atoms with Crippen molar-refractivity contribution in [3.05, 3.63) is 49.0 Å². The van der Waals surface area contributed by atoms with Gasteiger partial charge in [-0.25, -0.2) is 0 Å². The highest BCUT2D eigenvalue weighted by Gasteiger charge is 2.16. The Balaban J connectivity index is 2.13. The summed E-state index contributed by atoms with van der Waals surface area (Å²) in [4.78, 5) is 4.32. The molecule has 0 atom stereocenters. The Hall–Kier alpha value is -2.56. The molecule has 0 spiro atoms. The van der Waals surface area contributed by atoms with Crippen LogP contribution in [0.1, 0.15) is 0 Å². The predicted molar refractivity (Wildman–Crippen MR) is 59.4 cm³/mol. The minimum atomic E-state index is 0.700. The van der Waals surface area contributed by atoms with Crippen LogP contribution in [-0.4, -0.2) is 9.50 Å². The van der Waals surface area contributed by atoms with Gasteiger partial charge in [-0.15, -0.1) is 0 Å². The Morgan fingerprint density at radius 1 is 1.18 bits per heavy atom. The van der Waals surface area contributed by atoms with Crippen LogP contribution in [0.5, 0.6) is 0 Å². The van der Waals surface area contributed by atoms with Gasteiger partial charge in [0.25, 0.3) is 0 Å². The Morgan fingerprint density at radius 3 is 3.00 bits per heavy atom. The van der Waals surface area contributed by atoms with Gasteiger partial charge in [-0.3, -0.25) is 9.61 Å². The first kappa shape index (κ1) is 8.58. The number of hydrogen-bond acceptors (Lipinski definition) is 2. The first-order valence-electron chi connectivity index (χ1n) is 5.28. The second-order valence-electron chi connectivity index (χ2n) is 3.77. The third-order valence-electron chi connectivity index (χ3n) is 2.76. The molecular weight excluding hydrogens is 216 g/mol. The highest BCUT2D eigenvalue weighted by molar-refractivity contribution is 5.73. The van der Waals surface area contributed by atoms with Gasteiger partial charge in [0.2, 0.25) is 5.76 Å². The topological polar surface area (TPSA) is 48.6 Å². The smallest absolute Gasteiger partial charge is 0.377 e. The number of nitrogens with zero attached hydrogens (tertiary/aromatic N) is 4. The van der Waals surface area contributed by atoms with Gasteiger partial charge in [-0.1, -0.05) is 24.3 Å². The largest absolute Gasteiger partial charge is 0.456 e. The molecule has 17 heavy (non-hydrogen) atoms. The Kier molecular flexibility index (Phi) is 1.50. The Labute approximate surface area is 95.9 Å². The Bertz CT molecular complexity index is 794. The van der Waals surface area contributed by atoms with Crippen LogP contribution in [0.2, 0.25) is 0 Å². The van der Waals surface area contributed by atoms with E-state index < -0.39 is 0 Å². The molecule has 0 radical (unpaired) electrons. The van der Waals surface area contributed by atoms with E-state index in [0.29, 0.717) is 11.6 Å². The molecule has 5 nitrogen and oxygen atoms in total. The summed E-state index contributed by atoms with van der Waals surface area (Å²) in [6.45, 7) is 0. The van der Waals surface area contributed by atoms with Crippen LogP contribution in [0.15, 0.2) is 53.4 Å². The molecule has 0 aliphatic carbocycles. The fraction of sp³-hybridized carbons (Fsp3) is 0. The van der Waals surface area contributed by atoms with Crippen LogP contribution < -0.4 is 9.73 Å². The van der Waals surface area contributed by atoms with Crippen molar-refractivity contribution in [2.24, 2.45) is 0 Å². The third kappa shape index (κ3) is 1.08. The molecule has 0 N–H and O–H groups in total. The fourth-order valence-corrected chi connectivity index (χ4v) is 1.98. The summed E-state index contributed by atoms with van der Waals surface area (Å²) in [6.07, 6.45) is 3.37. The van der Waals surface area contributed by atoms with Crippen molar-refractivity contribution < 1.29 is 9.05 Å². The van der Waals surface area contributed by atoms with Crippen LogP contribution in [0.4, 0.5) is 0 Å². The quantitative estimate of drug-likeness (QED) is 0.458. The zero-order valence-electron chi connectivity index (χ0n) is 8.82. The molecule has 4 aromatic rings. The van der Waals surface area contributed by atoms with Crippen molar-refractivity contribution in [3.63, 3.8) is 0 Å². The summed E-state index contributed by atoms with van der Waals surface area (Å²) in [5.41, 5.74) is 1.96. The summed E-state index contributed by atoms with van der Waals surface area (Å²) >= 11 is 0. The molecule has 0 amide bonds. The van der Waals surface area contributed by atoms with E-state index in [1.165, 1.54) is 0 Å². The zero-order chi connectivity index (χ0) is 11.2. The summed E-state index contributed by atoms with van der Waals surface area (Å²) < 4.78 is 8.98.